The van der Waals surface area contributed by atoms with Crippen molar-refractivity contribution in [1.29, 1.82) is 0 Å². The number of aromatic nitrogens is 1. The highest BCUT2D eigenvalue weighted by atomic mass is 16.6. The van der Waals surface area contributed by atoms with Crippen molar-refractivity contribution in [2.45, 2.75) is 46.1 Å². The van der Waals surface area contributed by atoms with E-state index in [0.29, 0.717) is 17.7 Å². The molecule has 1 heterocycles. The lowest BCUT2D eigenvalue weighted by molar-refractivity contribution is -0.386. The third-order valence-electron chi connectivity index (χ3n) is 3.31. The van der Waals surface area contributed by atoms with Gasteiger partial charge in [-0.2, -0.15) is 0 Å². The van der Waals surface area contributed by atoms with Crippen molar-refractivity contribution in [3.05, 3.63) is 33.1 Å². The number of hydrogen-bond acceptors (Lipinski definition) is 5. The summed E-state index contributed by atoms with van der Waals surface area (Å²) < 4.78 is 0. The minimum atomic E-state index is -0.343. The minimum Gasteiger partial charge on any atom is -0.396 e. The number of nitrogens with one attached hydrogen (secondary N) is 1. The average Bonchev–Trinajstić information content (AvgIpc) is 2.39. The number of aliphatic hydroxyl groups excluding tert-OH is 1. The Hall–Kier alpha value is -1.53. The Labute approximate surface area is 119 Å². The Morgan fingerprint density at radius 3 is 2.65 bits per heavy atom. The van der Waals surface area contributed by atoms with Crippen LogP contribution in [0, 0.1) is 24.0 Å². The molecule has 0 aliphatic heterocycles. The zero-order chi connectivity index (χ0) is 15.0. The smallest absolute Gasteiger partial charge is 0.278 e. The number of hydrogen-bond donors (Lipinski definition) is 2. The summed E-state index contributed by atoms with van der Waals surface area (Å²) in [6.45, 7) is 5.11. The maximum absolute atomic E-state index is 11.0. The van der Waals surface area contributed by atoms with Gasteiger partial charge < -0.3 is 10.4 Å². The Balaban J connectivity index is 2.45. The summed E-state index contributed by atoms with van der Waals surface area (Å²) in [5.41, 5.74) is 2.14. The molecule has 0 radical (unpaired) electrons. The monoisotopic (exact) mass is 281 g/mol. The molecule has 0 amide bonds. The van der Waals surface area contributed by atoms with Gasteiger partial charge in [0.2, 0.25) is 0 Å². The van der Waals surface area contributed by atoms with Gasteiger partial charge in [-0.1, -0.05) is 12.8 Å². The zero-order valence-corrected chi connectivity index (χ0v) is 12.2. The topological polar surface area (TPSA) is 88.3 Å². The Bertz CT molecular complexity index is 450. The molecule has 0 saturated heterocycles. The van der Waals surface area contributed by atoms with Crippen LogP contribution in [0.5, 0.6) is 0 Å². The van der Waals surface area contributed by atoms with Gasteiger partial charge >= 0.3 is 0 Å². The van der Waals surface area contributed by atoms with Gasteiger partial charge in [-0.3, -0.25) is 15.1 Å². The number of unbranched alkanes of at least 4 members (excludes halogenated alkanes) is 3. The van der Waals surface area contributed by atoms with E-state index in [9.17, 15) is 10.1 Å². The van der Waals surface area contributed by atoms with Crippen LogP contribution in [0.1, 0.15) is 42.5 Å². The molecule has 1 aromatic rings. The molecule has 6 heteroatoms. The summed E-state index contributed by atoms with van der Waals surface area (Å²) in [5.74, 6) is 0. The zero-order valence-electron chi connectivity index (χ0n) is 12.2. The van der Waals surface area contributed by atoms with E-state index in [1.54, 1.807) is 20.0 Å². The third-order valence-corrected chi connectivity index (χ3v) is 3.31. The maximum Gasteiger partial charge on any atom is 0.278 e. The number of nitrogens with zero attached hydrogens (tertiary/aromatic N) is 2. The molecule has 0 aliphatic carbocycles. The van der Waals surface area contributed by atoms with Gasteiger partial charge in [-0.05, 0) is 33.2 Å². The fourth-order valence-electron chi connectivity index (χ4n) is 2.15. The predicted molar refractivity (Wildman–Crippen MR) is 77.6 cm³/mol. The van der Waals surface area contributed by atoms with E-state index in [-0.39, 0.29) is 17.2 Å². The number of aliphatic hydroxyl groups is 1. The highest BCUT2D eigenvalue weighted by Gasteiger charge is 2.18. The second kappa shape index (κ2) is 8.60. The predicted octanol–water partition coefficient (Wildman–Crippen LogP) is 2.25. The van der Waals surface area contributed by atoms with Crippen LogP contribution in [-0.2, 0) is 6.54 Å². The first kappa shape index (κ1) is 16.5. The van der Waals surface area contributed by atoms with Crippen molar-refractivity contribution < 1.29 is 10.0 Å². The largest absolute Gasteiger partial charge is 0.396 e. The first-order valence-corrected chi connectivity index (χ1v) is 6.99. The molecule has 0 aliphatic rings. The first-order valence-electron chi connectivity index (χ1n) is 6.99. The molecule has 0 unspecified atom stereocenters. The van der Waals surface area contributed by atoms with Crippen molar-refractivity contribution in [2.24, 2.45) is 0 Å². The average molecular weight is 281 g/mol. The van der Waals surface area contributed by atoms with Crippen molar-refractivity contribution >= 4 is 5.69 Å². The lowest BCUT2D eigenvalue weighted by atomic mass is 10.1. The highest BCUT2D eigenvalue weighted by molar-refractivity contribution is 5.47. The van der Waals surface area contributed by atoms with Gasteiger partial charge in [-0.25, -0.2) is 0 Å². The van der Waals surface area contributed by atoms with E-state index in [1.165, 1.54) is 0 Å². The van der Waals surface area contributed by atoms with E-state index >= 15 is 0 Å². The molecule has 0 bridgehead atoms. The highest BCUT2D eigenvalue weighted by Crippen LogP contribution is 2.23. The summed E-state index contributed by atoms with van der Waals surface area (Å²) >= 11 is 0. The molecule has 0 aromatic carbocycles. The minimum absolute atomic E-state index is 0.166. The summed E-state index contributed by atoms with van der Waals surface area (Å²) in [7, 11) is 0. The fraction of sp³-hybridized carbons (Fsp3) is 0.643. The quantitative estimate of drug-likeness (QED) is 0.412. The fourth-order valence-corrected chi connectivity index (χ4v) is 2.15. The van der Waals surface area contributed by atoms with Crippen molar-refractivity contribution in [2.75, 3.05) is 13.2 Å². The number of pyridine rings is 1. The van der Waals surface area contributed by atoms with Crippen LogP contribution < -0.4 is 5.32 Å². The van der Waals surface area contributed by atoms with E-state index in [2.05, 4.69) is 10.3 Å². The third kappa shape index (κ3) is 4.86. The lowest BCUT2D eigenvalue weighted by Crippen LogP contribution is -2.17. The van der Waals surface area contributed by atoms with E-state index in [1.807, 2.05) is 0 Å². The van der Waals surface area contributed by atoms with Gasteiger partial charge in [-0.15, -0.1) is 0 Å². The molecule has 0 fully saturated rings. The lowest BCUT2D eigenvalue weighted by Gasteiger charge is -2.08. The standard InChI is InChI=1S/C14H23N3O3/c1-11-9-16-13(12(2)14(11)17(19)20)10-15-7-5-3-4-6-8-18/h9,15,18H,3-8,10H2,1-2H3. The Morgan fingerprint density at radius 1 is 1.30 bits per heavy atom. The van der Waals surface area contributed by atoms with Gasteiger partial charge in [0.05, 0.1) is 10.6 Å². The molecule has 20 heavy (non-hydrogen) atoms. The summed E-state index contributed by atoms with van der Waals surface area (Å²) in [6.07, 6.45) is 5.56. The van der Waals surface area contributed by atoms with E-state index in [4.69, 9.17) is 5.11 Å². The van der Waals surface area contributed by atoms with Crippen LogP contribution in [0.25, 0.3) is 0 Å². The maximum atomic E-state index is 11.0. The Kier molecular flexibility index (Phi) is 7.11. The second-order valence-corrected chi connectivity index (χ2v) is 4.93. The number of nitro groups is 1. The van der Waals surface area contributed by atoms with Gasteiger partial charge in [0, 0.05) is 30.5 Å². The molecule has 6 nitrogen and oxygen atoms in total. The van der Waals surface area contributed by atoms with Crippen molar-refractivity contribution in [3.63, 3.8) is 0 Å². The molecule has 112 valence electrons. The molecule has 2 N–H and O–H groups in total. The van der Waals surface area contributed by atoms with Crippen LogP contribution in [-0.4, -0.2) is 28.2 Å². The van der Waals surface area contributed by atoms with Gasteiger partial charge in [0.25, 0.3) is 5.69 Å². The molecular weight excluding hydrogens is 258 g/mol. The van der Waals surface area contributed by atoms with E-state index < -0.39 is 0 Å². The molecule has 0 spiro atoms. The van der Waals surface area contributed by atoms with Crippen LogP contribution in [0.2, 0.25) is 0 Å². The van der Waals surface area contributed by atoms with E-state index in [0.717, 1.165) is 37.9 Å². The summed E-state index contributed by atoms with van der Waals surface area (Å²) in [6, 6.07) is 0. The molecule has 0 atom stereocenters. The molecule has 0 saturated carbocycles. The molecular formula is C14H23N3O3. The second-order valence-electron chi connectivity index (χ2n) is 4.93. The van der Waals surface area contributed by atoms with Crippen molar-refractivity contribution in [3.8, 4) is 0 Å². The van der Waals surface area contributed by atoms with Crippen LogP contribution in [0.3, 0.4) is 0 Å². The van der Waals surface area contributed by atoms with Crippen LogP contribution in [0.15, 0.2) is 6.20 Å². The Morgan fingerprint density at radius 2 is 2.00 bits per heavy atom. The SMILES string of the molecule is Cc1cnc(CNCCCCCCO)c(C)c1[N+](=O)[O-]. The molecule has 1 aromatic heterocycles. The normalized spacial score (nSPS) is 10.8. The van der Waals surface area contributed by atoms with Gasteiger partial charge in [0.15, 0.2) is 0 Å². The van der Waals surface area contributed by atoms with Gasteiger partial charge in [0.1, 0.15) is 0 Å². The first-order chi connectivity index (χ1) is 9.57. The summed E-state index contributed by atoms with van der Waals surface area (Å²) in [4.78, 5) is 14.9. The number of rotatable bonds is 9. The van der Waals surface area contributed by atoms with Crippen LogP contribution in [0.4, 0.5) is 5.69 Å². The van der Waals surface area contributed by atoms with Crippen molar-refractivity contribution in [1.82, 2.24) is 10.3 Å². The summed E-state index contributed by atoms with van der Waals surface area (Å²) in [5, 5.41) is 22.9. The number of aryl methyl sites for hydroxylation is 1. The van der Waals surface area contributed by atoms with Crippen LogP contribution >= 0.6 is 0 Å². The molecule has 1 rings (SSSR count).